The minimum atomic E-state index is 0.464. The summed E-state index contributed by atoms with van der Waals surface area (Å²) in [6, 6.07) is 15.9. The highest BCUT2D eigenvalue weighted by Crippen LogP contribution is 2.21. The van der Waals surface area contributed by atoms with Crippen molar-refractivity contribution in [3.63, 3.8) is 0 Å². The van der Waals surface area contributed by atoms with Crippen molar-refractivity contribution in [2.45, 2.75) is 6.92 Å². The molecule has 0 spiro atoms. The molecule has 0 saturated heterocycles. The fraction of sp³-hybridized carbons (Fsp3) is 0.0625. The van der Waals surface area contributed by atoms with Crippen LogP contribution in [0.2, 0.25) is 0 Å². The maximum Gasteiger partial charge on any atom is 0.216 e. The molecule has 0 bridgehead atoms. The van der Waals surface area contributed by atoms with E-state index in [1.54, 1.807) is 10.9 Å². The van der Waals surface area contributed by atoms with E-state index in [0.717, 1.165) is 21.2 Å². The quantitative estimate of drug-likeness (QED) is 0.540. The second-order valence-electron chi connectivity index (χ2n) is 4.78. The SMILES string of the molecule is Cc1ccccc1-c1n[nH]c(=S)n1/N=C/c1ccc(Br)cc1. The molecule has 110 valence electrons. The van der Waals surface area contributed by atoms with E-state index < -0.39 is 0 Å². The van der Waals surface area contributed by atoms with Crippen molar-refractivity contribution < 1.29 is 0 Å². The van der Waals surface area contributed by atoms with Crippen LogP contribution in [0.1, 0.15) is 11.1 Å². The number of aromatic amines is 1. The summed E-state index contributed by atoms with van der Waals surface area (Å²) < 4.78 is 3.14. The zero-order valence-corrected chi connectivity index (χ0v) is 14.2. The number of rotatable bonds is 3. The Bertz CT molecular complexity index is 878. The number of H-pyrrole nitrogens is 1. The van der Waals surface area contributed by atoms with E-state index in [1.165, 1.54) is 0 Å². The van der Waals surface area contributed by atoms with Crippen LogP contribution in [-0.2, 0) is 0 Å². The fourth-order valence-electron chi connectivity index (χ4n) is 2.07. The number of benzene rings is 2. The summed E-state index contributed by atoms with van der Waals surface area (Å²) in [6.07, 6.45) is 1.76. The van der Waals surface area contributed by atoms with Gasteiger partial charge in [0.05, 0.1) is 6.21 Å². The summed E-state index contributed by atoms with van der Waals surface area (Å²) in [5.74, 6) is 0.705. The standard InChI is InChI=1S/C16H13BrN4S/c1-11-4-2-3-5-14(11)15-19-20-16(22)21(15)18-10-12-6-8-13(17)9-7-12/h2-10H,1H3,(H,20,22)/b18-10+. The number of aromatic nitrogens is 3. The van der Waals surface area contributed by atoms with Crippen LogP contribution < -0.4 is 0 Å². The topological polar surface area (TPSA) is 46.0 Å². The zero-order chi connectivity index (χ0) is 15.5. The molecule has 22 heavy (non-hydrogen) atoms. The Labute approximate surface area is 141 Å². The average molecular weight is 373 g/mol. The molecule has 3 rings (SSSR count). The normalized spacial score (nSPS) is 11.2. The molecule has 0 saturated carbocycles. The molecule has 0 aliphatic rings. The molecule has 0 unspecified atom stereocenters. The Morgan fingerprint density at radius 1 is 1.18 bits per heavy atom. The Morgan fingerprint density at radius 2 is 1.91 bits per heavy atom. The van der Waals surface area contributed by atoms with Gasteiger partial charge in [-0.2, -0.15) is 14.9 Å². The predicted octanol–water partition coefficient (Wildman–Crippen LogP) is 4.56. The summed E-state index contributed by atoms with van der Waals surface area (Å²) in [7, 11) is 0. The summed E-state index contributed by atoms with van der Waals surface area (Å²) in [5.41, 5.74) is 3.11. The lowest BCUT2D eigenvalue weighted by molar-refractivity contribution is 0.871. The van der Waals surface area contributed by atoms with Crippen molar-refractivity contribution in [3.8, 4) is 11.4 Å². The zero-order valence-electron chi connectivity index (χ0n) is 11.8. The molecule has 3 aromatic rings. The molecule has 0 fully saturated rings. The first-order valence-electron chi connectivity index (χ1n) is 6.68. The lowest BCUT2D eigenvalue weighted by Gasteiger charge is -2.04. The van der Waals surface area contributed by atoms with Crippen LogP contribution >= 0.6 is 28.1 Å². The van der Waals surface area contributed by atoms with Gasteiger partial charge in [-0.3, -0.25) is 0 Å². The Balaban J connectivity index is 2.02. The summed E-state index contributed by atoms with van der Waals surface area (Å²) in [6.45, 7) is 2.04. The van der Waals surface area contributed by atoms with E-state index in [0.29, 0.717) is 10.6 Å². The van der Waals surface area contributed by atoms with Crippen LogP contribution in [0.5, 0.6) is 0 Å². The van der Waals surface area contributed by atoms with Crippen LogP contribution in [0.3, 0.4) is 0 Å². The van der Waals surface area contributed by atoms with Crippen molar-refractivity contribution >= 4 is 34.4 Å². The van der Waals surface area contributed by atoms with Gasteiger partial charge in [0.1, 0.15) is 0 Å². The van der Waals surface area contributed by atoms with Crippen LogP contribution in [-0.4, -0.2) is 21.1 Å². The van der Waals surface area contributed by atoms with E-state index >= 15 is 0 Å². The average Bonchev–Trinajstić information content (AvgIpc) is 2.88. The molecular weight excluding hydrogens is 360 g/mol. The van der Waals surface area contributed by atoms with Gasteiger partial charge in [-0.1, -0.05) is 52.3 Å². The summed E-state index contributed by atoms with van der Waals surface area (Å²) >= 11 is 8.69. The van der Waals surface area contributed by atoms with Crippen molar-refractivity contribution in [1.82, 2.24) is 14.9 Å². The maximum atomic E-state index is 5.28. The molecule has 0 aliphatic heterocycles. The van der Waals surface area contributed by atoms with Gasteiger partial charge in [0, 0.05) is 10.0 Å². The second-order valence-corrected chi connectivity index (χ2v) is 6.08. The molecule has 0 radical (unpaired) electrons. The predicted molar refractivity (Wildman–Crippen MR) is 94.7 cm³/mol. The first-order chi connectivity index (χ1) is 10.6. The fourth-order valence-corrected chi connectivity index (χ4v) is 2.51. The molecule has 4 nitrogen and oxygen atoms in total. The monoisotopic (exact) mass is 372 g/mol. The third-order valence-corrected chi connectivity index (χ3v) is 4.02. The third-order valence-electron chi connectivity index (χ3n) is 3.23. The number of halogens is 1. The lowest BCUT2D eigenvalue weighted by atomic mass is 10.1. The number of nitrogens with one attached hydrogen (secondary N) is 1. The van der Waals surface area contributed by atoms with Gasteiger partial charge in [0.2, 0.25) is 4.77 Å². The van der Waals surface area contributed by atoms with Gasteiger partial charge in [-0.15, -0.1) is 0 Å². The van der Waals surface area contributed by atoms with Gasteiger partial charge in [-0.25, -0.2) is 5.10 Å². The van der Waals surface area contributed by atoms with Gasteiger partial charge in [-0.05, 0) is 42.4 Å². The van der Waals surface area contributed by atoms with Gasteiger partial charge in [0.25, 0.3) is 0 Å². The molecular formula is C16H13BrN4S. The first kappa shape index (κ1) is 14.9. The molecule has 0 atom stereocenters. The Morgan fingerprint density at radius 3 is 2.64 bits per heavy atom. The van der Waals surface area contributed by atoms with Gasteiger partial charge in [0.15, 0.2) is 5.82 Å². The number of nitrogens with zero attached hydrogens (tertiary/aromatic N) is 3. The van der Waals surface area contributed by atoms with Gasteiger partial charge >= 0.3 is 0 Å². The molecule has 6 heteroatoms. The molecule has 1 heterocycles. The second kappa shape index (κ2) is 6.37. The summed E-state index contributed by atoms with van der Waals surface area (Å²) in [5, 5.41) is 11.6. The molecule has 1 N–H and O–H groups in total. The van der Waals surface area contributed by atoms with Gasteiger partial charge < -0.3 is 0 Å². The minimum absolute atomic E-state index is 0.464. The Hall–Kier alpha value is -2.05. The van der Waals surface area contributed by atoms with E-state index in [1.807, 2.05) is 55.5 Å². The Kier molecular flexibility index (Phi) is 4.31. The maximum absolute atomic E-state index is 5.28. The van der Waals surface area contributed by atoms with Crippen LogP contribution in [0, 0.1) is 11.7 Å². The highest BCUT2D eigenvalue weighted by molar-refractivity contribution is 9.10. The van der Waals surface area contributed by atoms with Crippen molar-refractivity contribution in [2.75, 3.05) is 0 Å². The smallest absolute Gasteiger partial charge is 0.216 e. The largest absolute Gasteiger partial charge is 0.250 e. The highest BCUT2D eigenvalue weighted by atomic mass is 79.9. The lowest BCUT2D eigenvalue weighted by Crippen LogP contribution is -1.96. The molecule has 2 aromatic carbocycles. The van der Waals surface area contributed by atoms with E-state index in [4.69, 9.17) is 12.2 Å². The third kappa shape index (κ3) is 3.08. The molecule has 0 aliphatic carbocycles. The van der Waals surface area contributed by atoms with Crippen molar-refractivity contribution in [1.29, 1.82) is 0 Å². The van der Waals surface area contributed by atoms with Crippen molar-refractivity contribution in [3.05, 3.63) is 68.9 Å². The minimum Gasteiger partial charge on any atom is -0.250 e. The van der Waals surface area contributed by atoms with Crippen LogP contribution in [0.4, 0.5) is 0 Å². The molecule has 1 aromatic heterocycles. The highest BCUT2D eigenvalue weighted by Gasteiger charge is 2.09. The number of aryl methyl sites for hydroxylation is 1. The summed E-state index contributed by atoms with van der Waals surface area (Å²) in [4.78, 5) is 0. The van der Waals surface area contributed by atoms with E-state index in [9.17, 15) is 0 Å². The van der Waals surface area contributed by atoms with Crippen molar-refractivity contribution in [2.24, 2.45) is 5.10 Å². The number of hydrogen-bond donors (Lipinski definition) is 1. The van der Waals surface area contributed by atoms with E-state index in [2.05, 4.69) is 31.2 Å². The first-order valence-corrected chi connectivity index (χ1v) is 7.88. The number of hydrogen-bond acceptors (Lipinski definition) is 3. The van der Waals surface area contributed by atoms with Crippen LogP contribution in [0.15, 0.2) is 58.1 Å². The van der Waals surface area contributed by atoms with E-state index in [-0.39, 0.29) is 0 Å². The molecule has 0 amide bonds. The van der Waals surface area contributed by atoms with Crippen LogP contribution in [0.25, 0.3) is 11.4 Å².